The second-order valence-electron chi connectivity index (χ2n) is 5.51. The van der Waals surface area contributed by atoms with E-state index in [1.54, 1.807) is 18.6 Å². The molecule has 3 aromatic rings. The molecule has 0 radical (unpaired) electrons. The number of ether oxygens (including phenoxy) is 1. The molecule has 1 fully saturated rings. The van der Waals surface area contributed by atoms with Crippen molar-refractivity contribution < 1.29 is 9.53 Å². The Kier molecular flexibility index (Phi) is 3.26. The number of carbonyl (C=O) groups excluding carboxylic acids is 1. The molecule has 0 aliphatic carbocycles. The van der Waals surface area contributed by atoms with E-state index in [0.29, 0.717) is 30.2 Å². The highest BCUT2D eigenvalue weighted by Gasteiger charge is 2.31. The first kappa shape index (κ1) is 14.4. The summed E-state index contributed by atoms with van der Waals surface area (Å²) < 4.78 is 6.47. The standard InChI is InChI=1S/C15H15N7O2/c1-3-9-4-11-12(16-5-9)19-13(14-20-17-8-22(11)14)21-6-10(7-21)18-15(23)24-2/h3-5,8,10H,1,6-7H2,2H3,(H,18,23). The average Bonchev–Trinajstić information content (AvgIpc) is 3.06. The SMILES string of the molecule is C=Cc1cnc2nc(N3CC(NC(=O)OC)C3)c3nncn3c2c1. The minimum Gasteiger partial charge on any atom is -0.453 e. The van der Waals surface area contributed by atoms with Crippen LogP contribution in [0.25, 0.3) is 22.9 Å². The number of alkyl carbamates (subject to hydrolysis) is 1. The first-order valence-electron chi connectivity index (χ1n) is 7.41. The number of fused-ring (bicyclic) bond motifs is 3. The summed E-state index contributed by atoms with van der Waals surface area (Å²) in [5.74, 6) is 0.696. The highest BCUT2D eigenvalue weighted by molar-refractivity contribution is 5.82. The summed E-state index contributed by atoms with van der Waals surface area (Å²) in [5, 5.41) is 10.9. The molecular weight excluding hydrogens is 310 g/mol. The van der Waals surface area contributed by atoms with Crippen molar-refractivity contribution in [2.75, 3.05) is 25.1 Å². The Bertz CT molecular complexity index is 946. The van der Waals surface area contributed by atoms with Gasteiger partial charge in [0.15, 0.2) is 11.5 Å². The van der Waals surface area contributed by atoms with E-state index in [1.165, 1.54) is 7.11 Å². The van der Waals surface area contributed by atoms with E-state index >= 15 is 0 Å². The van der Waals surface area contributed by atoms with E-state index < -0.39 is 6.09 Å². The van der Waals surface area contributed by atoms with Gasteiger partial charge in [-0.2, -0.15) is 0 Å². The van der Waals surface area contributed by atoms with Gasteiger partial charge in [0.05, 0.1) is 18.7 Å². The van der Waals surface area contributed by atoms with Gasteiger partial charge in [-0.25, -0.2) is 14.8 Å². The summed E-state index contributed by atoms with van der Waals surface area (Å²) >= 11 is 0. The summed E-state index contributed by atoms with van der Waals surface area (Å²) in [6.07, 6.45) is 4.66. The van der Waals surface area contributed by atoms with Crippen LogP contribution in [0.15, 0.2) is 25.2 Å². The van der Waals surface area contributed by atoms with Crippen molar-refractivity contribution in [1.29, 1.82) is 0 Å². The van der Waals surface area contributed by atoms with Gasteiger partial charge in [0.1, 0.15) is 6.33 Å². The van der Waals surface area contributed by atoms with Gasteiger partial charge >= 0.3 is 6.09 Å². The number of nitrogens with zero attached hydrogens (tertiary/aromatic N) is 6. The summed E-state index contributed by atoms with van der Waals surface area (Å²) in [6.45, 7) is 5.01. The van der Waals surface area contributed by atoms with Crippen molar-refractivity contribution in [2.45, 2.75) is 6.04 Å². The molecule has 0 atom stereocenters. The van der Waals surface area contributed by atoms with Crippen molar-refractivity contribution in [2.24, 2.45) is 0 Å². The molecule has 0 spiro atoms. The molecule has 1 aliphatic rings. The van der Waals surface area contributed by atoms with E-state index in [1.807, 2.05) is 15.4 Å². The minimum absolute atomic E-state index is 0.0222. The molecule has 24 heavy (non-hydrogen) atoms. The maximum absolute atomic E-state index is 11.3. The number of hydrogen-bond acceptors (Lipinski definition) is 7. The Labute approximate surface area is 137 Å². The summed E-state index contributed by atoms with van der Waals surface area (Å²) in [4.78, 5) is 22.3. The number of hydrogen-bond donors (Lipinski definition) is 1. The molecule has 9 nitrogen and oxygen atoms in total. The third-order valence-electron chi connectivity index (χ3n) is 4.01. The zero-order valence-corrected chi connectivity index (χ0v) is 13.0. The molecule has 0 aromatic carbocycles. The lowest BCUT2D eigenvalue weighted by Gasteiger charge is -2.39. The number of aromatic nitrogens is 5. The van der Waals surface area contributed by atoms with Crippen LogP contribution in [0, 0.1) is 0 Å². The van der Waals surface area contributed by atoms with Gasteiger partial charge < -0.3 is 15.0 Å². The highest BCUT2D eigenvalue weighted by Crippen LogP contribution is 2.26. The largest absolute Gasteiger partial charge is 0.453 e. The van der Waals surface area contributed by atoms with Gasteiger partial charge in [0.2, 0.25) is 5.65 Å². The molecule has 1 aliphatic heterocycles. The van der Waals surface area contributed by atoms with Crippen LogP contribution in [0.5, 0.6) is 0 Å². The van der Waals surface area contributed by atoms with Gasteiger partial charge in [-0.3, -0.25) is 4.40 Å². The molecule has 0 unspecified atom stereocenters. The lowest BCUT2D eigenvalue weighted by molar-refractivity contribution is 0.164. The maximum atomic E-state index is 11.3. The first-order valence-corrected chi connectivity index (χ1v) is 7.41. The zero-order valence-electron chi connectivity index (χ0n) is 13.0. The van der Waals surface area contributed by atoms with E-state index in [0.717, 1.165) is 11.1 Å². The Morgan fingerprint density at radius 3 is 3.08 bits per heavy atom. The average molecular weight is 325 g/mol. The Balaban J connectivity index is 1.70. The van der Waals surface area contributed by atoms with Gasteiger partial charge in [-0.15, -0.1) is 10.2 Å². The predicted molar refractivity (Wildman–Crippen MR) is 87.7 cm³/mol. The summed E-state index contributed by atoms with van der Waals surface area (Å²) in [7, 11) is 1.35. The van der Waals surface area contributed by atoms with Gasteiger partial charge in [-0.1, -0.05) is 12.7 Å². The Morgan fingerprint density at radius 2 is 2.33 bits per heavy atom. The van der Waals surface area contributed by atoms with Crippen LogP contribution in [0.4, 0.5) is 10.6 Å². The first-order chi connectivity index (χ1) is 11.7. The Morgan fingerprint density at radius 1 is 1.50 bits per heavy atom. The smallest absolute Gasteiger partial charge is 0.407 e. The zero-order chi connectivity index (χ0) is 16.7. The molecule has 9 heteroatoms. The van der Waals surface area contributed by atoms with Crippen molar-refractivity contribution in [3.05, 3.63) is 30.7 Å². The molecule has 0 saturated carbocycles. The highest BCUT2D eigenvalue weighted by atomic mass is 16.5. The number of pyridine rings is 1. The van der Waals surface area contributed by atoms with E-state index in [2.05, 4.69) is 36.8 Å². The van der Waals surface area contributed by atoms with E-state index in [4.69, 9.17) is 0 Å². The second kappa shape index (κ2) is 5.44. The van der Waals surface area contributed by atoms with Gasteiger partial charge in [0, 0.05) is 19.3 Å². The summed E-state index contributed by atoms with van der Waals surface area (Å²) in [6, 6.07) is 1.97. The number of carbonyl (C=O) groups is 1. The van der Waals surface area contributed by atoms with Crippen LogP contribution in [0.1, 0.15) is 5.56 Å². The molecule has 4 heterocycles. The van der Waals surface area contributed by atoms with Crippen LogP contribution in [0.2, 0.25) is 0 Å². The van der Waals surface area contributed by atoms with Crippen LogP contribution in [-0.4, -0.2) is 56.9 Å². The van der Waals surface area contributed by atoms with Crippen LogP contribution >= 0.6 is 0 Å². The van der Waals surface area contributed by atoms with E-state index in [9.17, 15) is 4.79 Å². The fraction of sp³-hybridized carbons (Fsp3) is 0.267. The Hall–Kier alpha value is -3.23. The van der Waals surface area contributed by atoms with Crippen molar-refractivity contribution >= 4 is 34.8 Å². The quantitative estimate of drug-likeness (QED) is 0.762. The second-order valence-corrected chi connectivity index (χ2v) is 5.51. The molecule has 4 rings (SSSR count). The molecular formula is C15H15N7O2. The number of rotatable bonds is 3. The lowest BCUT2D eigenvalue weighted by Crippen LogP contribution is -2.59. The van der Waals surface area contributed by atoms with Crippen molar-refractivity contribution in [1.82, 2.24) is 29.9 Å². The van der Waals surface area contributed by atoms with Crippen LogP contribution in [-0.2, 0) is 4.74 Å². The topological polar surface area (TPSA) is 97.5 Å². The minimum atomic E-state index is -0.433. The van der Waals surface area contributed by atoms with Gasteiger partial charge in [0.25, 0.3) is 0 Å². The lowest BCUT2D eigenvalue weighted by atomic mass is 10.1. The monoisotopic (exact) mass is 325 g/mol. The predicted octanol–water partition coefficient (Wildman–Crippen LogP) is 0.860. The molecule has 0 bridgehead atoms. The number of nitrogens with one attached hydrogen (secondary N) is 1. The van der Waals surface area contributed by atoms with Crippen molar-refractivity contribution in [3.8, 4) is 0 Å². The van der Waals surface area contributed by atoms with Crippen molar-refractivity contribution in [3.63, 3.8) is 0 Å². The molecule has 1 N–H and O–H groups in total. The molecule has 1 saturated heterocycles. The fourth-order valence-electron chi connectivity index (χ4n) is 2.73. The molecule has 122 valence electrons. The third kappa shape index (κ3) is 2.21. The van der Waals surface area contributed by atoms with Crippen LogP contribution in [0.3, 0.4) is 0 Å². The number of anilines is 1. The molecule has 3 aromatic heterocycles. The fourth-order valence-corrected chi connectivity index (χ4v) is 2.73. The summed E-state index contributed by atoms with van der Waals surface area (Å²) in [5.41, 5.74) is 2.98. The number of amides is 1. The normalized spacial score (nSPS) is 14.6. The third-order valence-corrected chi connectivity index (χ3v) is 4.01. The van der Waals surface area contributed by atoms with E-state index in [-0.39, 0.29) is 6.04 Å². The number of methoxy groups -OCH3 is 1. The van der Waals surface area contributed by atoms with Gasteiger partial charge in [-0.05, 0) is 11.6 Å². The molecule has 1 amide bonds. The maximum Gasteiger partial charge on any atom is 0.407 e. The van der Waals surface area contributed by atoms with Crippen LogP contribution < -0.4 is 10.2 Å².